The van der Waals surface area contributed by atoms with Gasteiger partial charge in [-0.3, -0.25) is 0 Å². The standard InChI is InChI=1S/C7H15N5/c1-3-4-5-8-6-7-9-10-11-12(7)2/h8H,3-6H2,1-2H3. The van der Waals surface area contributed by atoms with Crippen LogP contribution < -0.4 is 5.32 Å². The minimum Gasteiger partial charge on any atom is -0.310 e. The first-order valence-electron chi connectivity index (χ1n) is 4.26. The molecule has 0 saturated carbocycles. The second kappa shape index (κ2) is 4.82. The fraction of sp³-hybridized carbons (Fsp3) is 0.857. The van der Waals surface area contributed by atoms with Crippen molar-refractivity contribution in [3.63, 3.8) is 0 Å². The number of nitrogens with zero attached hydrogens (tertiary/aromatic N) is 4. The van der Waals surface area contributed by atoms with Crippen molar-refractivity contribution in [3.8, 4) is 0 Å². The molecule has 0 aliphatic heterocycles. The van der Waals surface area contributed by atoms with E-state index >= 15 is 0 Å². The van der Waals surface area contributed by atoms with Crippen LogP contribution in [0.3, 0.4) is 0 Å². The molecule has 12 heavy (non-hydrogen) atoms. The van der Waals surface area contributed by atoms with Crippen LogP contribution >= 0.6 is 0 Å². The van der Waals surface area contributed by atoms with Crippen LogP contribution in [0.4, 0.5) is 0 Å². The lowest BCUT2D eigenvalue weighted by Gasteiger charge is -2.00. The number of hydrogen-bond acceptors (Lipinski definition) is 4. The van der Waals surface area contributed by atoms with Gasteiger partial charge in [0.05, 0.1) is 6.54 Å². The molecular weight excluding hydrogens is 154 g/mol. The fourth-order valence-corrected chi connectivity index (χ4v) is 0.900. The van der Waals surface area contributed by atoms with E-state index in [9.17, 15) is 0 Å². The quantitative estimate of drug-likeness (QED) is 0.635. The van der Waals surface area contributed by atoms with Gasteiger partial charge in [0.2, 0.25) is 0 Å². The van der Waals surface area contributed by atoms with Crippen LogP contribution in [-0.4, -0.2) is 26.8 Å². The second-order valence-corrected chi connectivity index (χ2v) is 2.75. The third-order valence-corrected chi connectivity index (χ3v) is 1.70. The third-order valence-electron chi connectivity index (χ3n) is 1.70. The lowest BCUT2D eigenvalue weighted by atomic mass is 10.3. The van der Waals surface area contributed by atoms with Crippen LogP contribution in [0.5, 0.6) is 0 Å². The van der Waals surface area contributed by atoms with Crippen molar-refractivity contribution in [2.45, 2.75) is 26.3 Å². The normalized spacial score (nSPS) is 10.5. The summed E-state index contributed by atoms with van der Waals surface area (Å²) in [5, 5.41) is 14.4. The average Bonchev–Trinajstić information content (AvgIpc) is 2.46. The van der Waals surface area contributed by atoms with Crippen molar-refractivity contribution < 1.29 is 0 Å². The van der Waals surface area contributed by atoms with Gasteiger partial charge in [-0.25, -0.2) is 4.68 Å². The zero-order valence-corrected chi connectivity index (χ0v) is 7.62. The molecule has 0 aliphatic carbocycles. The molecule has 0 saturated heterocycles. The number of nitrogens with one attached hydrogen (secondary N) is 1. The van der Waals surface area contributed by atoms with Gasteiger partial charge in [-0.2, -0.15) is 0 Å². The van der Waals surface area contributed by atoms with Crippen molar-refractivity contribution in [1.82, 2.24) is 25.5 Å². The Hall–Kier alpha value is -0.970. The van der Waals surface area contributed by atoms with Crippen LogP contribution in [-0.2, 0) is 13.6 Å². The third kappa shape index (κ3) is 2.58. The molecule has 0 aliphatic rings. The smallest absolute Gasteiger partial charge is 0.164 e. The van der Waals surface area contributed by atoms with Gasteiger partial charge >= 0.3 is 0 Å². The molecule has 0 fully saturated rings. The summed E-state index contributed by atoms with van der Waals surface area (Å²) in [6.07, 6.45) is 2.41. The molecule has 0 radical (unpaired) electrons. The van der Waals surface area contributed by atoms with Crippen LogP contribution in [0.25, 0.3) is 0 Å². The summed E-state index contributed by atoms with van der Waals surface area (Å²) >= 11 is 0. The summed E-state index contributed by atoms with van der Waals surface area (Å²) in [5.74, 6) is 0.881. The minimum absolute atomic E-state index is 0.753. The van der Waals surface area contributed by atoms with E-state index in [2.05, 4.69) is 27.8 Å². The zero-order chi connectivity index (χ0) is 8.81. The SMILES string of the molecule is CCCCNCc1nnnn1C. The Labute approximate surface area is 72.2 Å². The van der Waals surface area contributed by atoms with Gasteiger partial charge in [0, 0.05) is 7.05 Å². The van der Waals surface area contributed by atoms with Gasteiger partial charge in [-0.15, -0.1) is 5.10 Å². The van der Waals surface area contributed by atoms with E-state index in [0.29, 0.717) is 0 Å². The second-order valence-electron chi connectivity index (χ2n) is 2.75. The van der Waals surface area contributed by atoms with Crippen molar-refractivity contribution >= 4 is 0 Å². The van der Waals surface area contributed by atoms with Crippen LogP contribution in [0, 0.1) is 0 Å². The molecule has 1 aromatic rings. The van der Waals surface area contributed by atoms with E-state index in [4.69, 9.17) is 0 Å². The molecule has 1 rings (SSSR count). The molecule has 0 bridgehead atoms. The van der Waals surface area contributed by atoms with E-state index in [-0.39, 0.29) is 0 Å². The van der Waals surface area contributed by atoms with E-state index in [0.717, 1.165) is 18.9 Å². The highest BCUT2D eigenvalue weighted by Gasteiger charge is 1.99. The average molecular weight is 169 g/mol. The highest BCUT2D eigenvalue weighted by Crippen LogP contribution is 1.88. The lowest BCUT2D eigenvalue weighted by molar-refractivity contribution is 0.592. The molecule has 0 aromatic carbocycles. The number of tetrazole rings is 1. The van der Waals surface area contributed by atoms with Crippen molar-refractivity contribution in [2.75, 3.05) is 6.54 Å². The summed E-state index contributed by atoms with van der Waals surface area (Å²) in [6, 6.07) is 0. The Bertz CT molecular complexity index is 219. The first-order chi connectivity index (χ1) is 5.84. The predicted molar refractivity (Wildman–Crippen MR) is 45.4 cm³/mol. The largest absolute Gasteiger partial charge is 0.310 e. The van der Waals surface area contributed by atoms with Gasteiger partial charge < -0.3 is 5.32 Å². The number of hydrogen-bond donors (Lipinski definition) is 1. The van der Waals surface area contributed by atoms with Crippen LogP contribution in [0.15, 0.2) is 0 Å². The van der Waals surface area contributed by atoms with E-state index in [1.165, 1.54) is 12.8 Å². The van der Waals surface area contributed by atoms with Crippen molar-refractivity contribution in [2.24, 2.45) is 7.05 Å². The molecule has 1 heterocycles. The van der Waals surface area contributed by atoms with Crippen LogP contribution in [0.1, 0.15) is 25.6 Å². The summed E-state index contributed by atoms with van der Waals surface area (Å²) < 4.78 is 1.68. The molecule has 5 nitrogen and oxygen atoms in total. The number of unbranched alkanes of at least 4 members (excludes halogenated alkanes) is 1. The summed E-state index contributed by atoms with van der Waals surface area (Å²) in [6.45, 7) is 3.96. The lowest BCUT2D eigenvalue weighted by Crippen LogP contribution is -2.17. The Morgan fingerprint density at radius 3 is 2.92 bits per heavy atom. The Kier molecular flexibility index (Phi) is 3.66. The maximum atomic E-state index is 3.85. The van der Waals surface area contributed by atoms with Crippen LogP contribution in [0.2, 0.25) is 0 Å². The maximum Gasteiger partial charge on any atom is 0.164 e. The van der Waals surface area contributed by atoms with Gasteiger partial charge in [0.15, 0.2) is 5.82 Å². The van der Waals surface area contributed by atoms with E-state index in [1.807, 2.05) is 7.05 Å². The molecule has 0 atom stereocenters. The number of aromatic nitrogens is 4. The fourth-order valence-electron chi connectivity index (χ4n) is 0.900. The molecular formula is C7H15N5. The molecule has 0 unspecified atom stereocenters. The summed E-state index contributed by atoms with van der Waals surface area (Å²) in [5.41, 5.74) is 0. The molecule has 1 N–H and O–H groups in total. The summed E-state index contributed by atoms with van der Waals surface area (Å²) in [4.78, 5) is 0. The number of aryl methyl sites for hydroxylation is 1. The minimum atomic E-state index is 0.753. The summed E-state index contributed by atoms with van der Waals surface area (Å²) in [7, 11) is 1.84. The van der Waals surface area contributed by atoms with Gasteiger partial charge in [0.25, 0.3) is 0 Å². The molecule has 0 spiro atoms. The monoisotopic (exact) mass is 169 g/mol. The van der Waals surface area contributed by atoms with Gasteiger partial charge in [0.1, 0.15) is 0 Å². The predicted octanol–water partition coefficient (Wildman–Crippen LogP) is 0.0998. The van der Waals surface area contributed by atoms with Gasteiger partial charge in [-0.05, 0) is 23.4 Å². The highest BCUT2D eigenvalue weighted by molar-refractivity contribution is 4.77. The Morgan fingerprint density at radius 1 is 1.50 bits per heavy atom. The molecule has 5 heteroatoms. The zero-order valence-electron chi connectivity index (χ0n) is 7.62. The van der Waals surface area contributed by atoms with Crippen molar-refractivity contribution in [1.29, 1.82) is 0 Å². The van der Waals surface area contributed by atoms with E-state index < -0.39 is 0 Å². The van der Waals surface area contributed by atoms with E-state index in [1.54, 1.807) is 4.68 Å². The Balaban J connectivity index is 2.20. The maximum absolute atomic E-state index is 3.85. The number of rotatable bonds is 5. The topological polar surface area (TPSA) is 55.6 Å². The van der Waals surface area contributed by atoms with Gasteiger partial charge in [-0.1, -0.05) is 13.3 Å². The molecule has 1 aromatic heterocycles. The first kappa shape index (κ1) is 9.12. The highest BCUT2D eigenvalue weighted by atomic mass is 15.5. The first-order valence-corrected chi connectivity index (χ1v) is 4.26. The molecule has 0 amide bonds. The molecule has 68 valence electrons. The Morgan fingerprint density at radius 2 is 2.33 bits per heavy atom. The van der Waals surface area contributed by atoms with Crippen molar-refractivity contribution in [3.05, 3.63) is 5.82 Å².